The van der Waals surface area contributed by atoms with Gasteiger partial charge in [-0.15, -0.1) is 0 Å². The van der Waals surface area contributed by atoms with Gasteiger partial charge in [0.25, 0.3) is 5.91 Å². The minimum Gasteiger partial charge on any atom is -0.346 e. The molecule has 0 unspecified atom stereocenters. The molecule has 4 rings (SSSR count). The van der Waals surface area contributed by atoms with E-state index in [4.69, 9.17) is 0 Å². The van der Waals surface area contributed by atoms with E-state index >= 15 is 0 Å². The molecule has 2 atom stereocenters. The first-order chi connectivity index (χ1) is 11.6. The van der Waals surface area contributed by atoms with Gasteiger partial charge in [-0.05, 0) is 50.7 Å². The topological polar surface area (TPSA) is 49.0 Å². The second kappa shape index (κ2) is 5.93. The van der Waals surface area contributed by atoms with Gasteiger partial charge in [0.15, 0.2) is 0 Å². The summed E-state index contributed by atoms with van der Waals surface area (Å²) in [7, 11) is 0. The lowest BCUT2D eigenvalue weighted by Gasteiger charge is -2.17. The number of allylic oxidation sites excluding steroid dienone is 2. The monoisotopic (exact) mass is 321 g/mol. The molecule has 2 aliphatic rings. The predicted octanol–water partition coefficient (Wildman–Crippen LogP) is 3.73. The van der Waals surface area contributed by atoms with Gasteiger partial charge >= 0.3 is 0 Å². The molecular formula is C20H23N3O. The Kier molecular flexibility index (Phi) is 3.75. The fourth-order valence-electron chi connectivity index (χ4n) is 4.05. The molecule has 2 heterocycles. The molecule has 1 fully saturated rings. The average molecular weight is 321 g/mol. The first kappa shape index (κ1) is 15.2. The number of fused-ring (bicyclic) bond motifs is 1. The molecule has 1 aliphatic carbocycles. The number of aromatic nitrogens is 2. The van der Waals surface area contributed by atoms with Crippen molar-refractivity contribution in [2.24, 2.45) is 11.8 Å². The van der Waals surface area contributed by atoms with Crippen molar-refractivity contribution in [2.45, 2.75) is 26.7 Å². The van der Waals surface area contributed by atoms with Crippen LogP contribution < -0.4 is 0 Å². The number of aromatic amines is 1. The quantitative estimate of drug-likeness (QED) is 0.857. The number of aryl methyl sites for hydroxylation is 2. The summed E-state index contributed by atoms with van der Waals surface area (Å²) in [6.45, 7) is 5.74. The van der Waals surface area contributed by atoms with Gasteiger partial charge in [-0.2, -0.15) is 0 Å². The summed E-state index contributed by atoms with van der Waals surface area (Å²) in [5.41, 5.74) is 3.73. The second-order valence-electron chi connectivity index (χ2n) is 7.05. The number of hydrogen-bond acceptors (Lipinski definition) is 2. The van der Waals surface area contributed by atoms with Crippen LogP contribution >= 0.6 is 0 Å². The molecule has 0 bridgehead atoms. The summed E-state index contributed by atoms with van der Waals surface area (Å²) in [6.07, 6.45) is 6.75. The van der Waals surface area contributed by atoms with Crippen LogP contribution in [-0.2, 0) is 0 Å². The minimum absolute atomic E-state index is 0.149. The number of H-pyrrole nitrogens is 1. The summed E-state index contributed by atoms with van der Waals surface area (Å²) in [5, 5.41) is 0. The highest BCUT2D eigenvalue weighted by molar-refractivity contribution is 5.95. The Hall–Kier alpha value is -2.36. The zero-order valence-corrected chi connectivity index (χ0v) is 14.2. The lowest BCUT2D eigenvalue weighted by atomic mass is 9.86. The number of carbonyl (C=O) groups is 1. The van der Waals surface area contributed by atoms with Crippen molar-refractivity contribution in [3.8, 4) is 11.3 Å². The van der Waals surface area contributed by atoms with Crippen molar-refractivity contribution < 1.29 is 4.79 Å². The Morgan fingerprint density at radius 2 is 1.88 bits per heavy atom. The van der Waals surface area contributed by atoms with Gasteiger partial charge in [-0.1, -0.05) is 24.3 Å². The van der Waals surface area contributed by atoms with Gasteiger partial charge in [0.05, 0.1) is 5.69 Å². The Morgan fingerprint density at radius 3 is 2.50 bits per heavy atom. The smallest absolute Gasteiger partial charge is 0.253 e. The van der Waals surface area contributed by atoms with E-state index in [1.807, 2.05) is 43.0 Å². The number of benzene rings is 1. The zero-order chi connectivity index (χ0) is 16.7. The first-order valence-corrected chi connectivity index (χ1v) is 8.69. The number of amides is 1. The van der Waals surface area contributed by atoms with E-state index in [9.17, 15) is 4.79 Å². The van der Waals surface area contributed by atoms with Crippen molar-refractivity contribution in [3.63, 3.8) is 0 Å². The maximum absolute atomic E-state index is 12.9. The number of rotatable bonds is 2. The van der Waals surface area contributed by atoms with Crippen molar-refractivity contribution >= 4 is 5.91 Å². The third kappa shape index (κ3) is 2.66. The molecule has 1 amide bonds. The fraction of sp³-hybridized carbons (Fsp3) is 0.400. The van der Waals surface area contributed by atoms with E-state index in [0.717, 1.165) is 54.3 Å². The van der Waals surface area contributed by atoms with Crippen LogP contribution in [0, 0.1) is 25.7 Å². The molecule has 1 aromatic carbocycles. The molecule has 0 spiro atoms. The van der Waals surface area contributed by atoms with E-state index in [1.165, 1.54) is 0 Å². The number of imidazole rings is 1. The SMILES string of the molecule is Cc1nc(-c2cccc(C(=O)N3C[C@H]4CC=CC[C@H]4C3)c2)c(C)[nH]1. The van der Waals surface area contributed by atoms with E-state index in [0.29, 0.717) is 11.8 Å². The number of carbonyl (C=O) groups excluding carboxylic acids is 1. The van der Waals surface area contributed by atoms with Gasteiger partial charge in [0, 0.05) is 29.9 Å². The predicted molar refractivity (Wildman–Crippen MR) is 94.8 cm³/mol. The minimum atomic E-state index is 0.149. The maximum Gasteiger partial charge on any atom is 0.253 e. The largest absolute Gasteiger partial charge is 0.346 e. The van der Waals surface area contributed by atoms with Crippen molar-refractivity contribution in [1.29, 1.82) is 0 Å². The van der Waals surface area contributed by atoms with Crippen molar-refractivity contribution in [3.05, 3.63) is 53.5 Å². The number of nitrogens with one attached hydrogen (secondary N) is 1. The highest BCUT2D eigenvalue weighted by Gasteiger charge is 2.35. The molecule has 1 N–H and O–H groups in total. The van der Waals surface area contributed by atoms with E-state index in [2.05, 4.69) is 22.1 Å². The zero-order valence-electron chi connectivity index (χ0n) is 14.2. The molecule has 124 valence electrons. The van der Waals surface area contributed by atoms with Crippen molar-refractivity contribution in [1.82, 2.24) is 14.9 Å². The van der Waals surface area contributed by atoms with E-state index in [-0.39, 0.29) is 5.91 Å². The Labute approximate surface area is 142 Å². The van der Waals surface area contributed by atoms with Gasteiger partial charge in [0.1, 0.15) is 5.82 Å². The lowest BCUT2D eigenvalue weighted by molar-refractivity contribution is 0.0784. The molecule has 4 heteroatoms. The van der Waals surface area contributed by atoms with Crippen LogP contribution in [0.3, 0.4) is 0 Å². The molecule has 1 saturated heterocycles. The summed E-state index contributed by atoms with van der Waals surface area (Å²) in [5.74, 6) is 2.32. The summed E-state index contributed by atoms with van der Waals surface area (Å²) in [6, 6.07) is 7.87. The molecule has 1 aromatic heterocycles. The Morgan fingerprint density at radius 1 is 1.17 bits per heavy atom. The van der Waals surface area contributed by atoms with Crippen LogP contribution in [0.1, 0.15) is 34.7 Å². The van der Waals surface area contributed by atoms with Crippen LogP contribution in [0.4, 0.5) is 0 Å². The Bertz CT molecular complexity index is 789. The van der Waals surface area contributed by atoms with Gasteiger partial charge < -0.3 is 9.88 Å². The van der Waals surface area contributed by atoms with Gasteiger partial charge in [-0.3, -0.25) is 4.79 Å². The summed E-state index contributed by atoms with van der Waals surface area (Å²) in [4.78, 5) is 22.8. The third-order valence-electron chi connectivity index (χ3n) is 5.29. The highest BCUT2D eigenvalue weighted by atomic mass is 16.2. The lowest BCUT2D eigenvalue weighted by Crippen LogP contribution is -2.29. The van der Waals surface area contributed by atoms with Crippen LogP contribution in [-0.4, -0.2) is 33.9 Å². The normalized spacial score (nSPS) is 22.7. The summed E-state index contributed by atoms with van der Waals surface area (Å²) >= 11 is 0. The molecule has 1 aliphatic heterocycles. The molecule has 2 aromatic rings. The van der Waals surface area contributed by atoms with Crippen molar-refractivity contribution in [2.75, 3.05) is 13.1 Å². The maximum atomic E-state index is 12.9. The number of hydrogen-bond donors (Lipinski definition) is 1. The van der Waals surface area contributed by atoms with Crippen LogP contribution in [0.2, 0.25) is 0 Å². The van der Waals surface area contributed by atoms with Gasteiger partial charge in [-0.25, -0.2) is 4.98 Å². The molecular weight excluding hydrogens is 298 g/mol. The molecule has 4 nitrogen and oxygen atoms in total. The number of likely N-dealkylation sites (tertiary alicyclic amines) is 1. The second-order valence-corrected chi connectivity index (χ2v) is 7.05. The van der Waals surface area contributed by atoms with Crippen LogP contribution in [0.25, 0.3) is 11.3 Å². The van der Waals surface area contributed by atoms with E-state index in [1.54, 1.807) is 0 Å². The van der Waals surface area contributed by atoms with Gasteiger partial charge in [0.2, 0.25) is 0 Å². The standard InChI is InChI=1S/C20H23N3O/c1-13-19(22-14(2)21-13)15-8-5-9-16(10-15)20(24)23-11-17-6-3-4-7-18(17)12-23/h3-5,8-10,17-18H,6-7,11-12H2,1-2H3,(H,21,22)/t17-,18+. The van der Waals surface area contributed by atoms with E-state index < -0.39 is 0 Å². The summed E-state index contributed by atoms with van der Waals surface area (Å²) < 4.78 is 0. The highest BCUT2D eigenvalue weighted by Crippen LogP contribution is 2.33. The first-order valence-electron chi connectivity index (χ1n) is 8.69. The average Bonchev–Trinajstić information content (AvgIpc) is 3.17. The fourth-order valence-corrected chi connectivity index (χ4v) is 4.05. The molecule has 0 saturated carbocycles. The Balaban J connectivity index is 1.57. The molecule has 24 heavy (non-hydrogen) atoms. The molecule has 0 radical (unpaired) electrons. The third-order valence-corrected chi connectivity index (χ3v) is 5.29. The van der Waals surface area contributed by atoms with Crippen LogP contribution in [0.5, 0.6) is 0 Å². The number of nitrogens with zero attached hydrogens (tertiary/aromatic N) is 2. The van der Waals surface area contributed by atoms with Crippen LogP contribution in [0.15, 0.2) is 36.4 Å².